The third-order valence-corrected chi connectivity index (χ3v) is 3.17. The lowest BCUT2D eigenvalue weighted by Gasteiger charge is -2.09. The monoisotopic (exact) mass is 189 g/mol. The summed E-state index contributed by atoms with van der Waals surface area (Å²) in [6.45, 7) is 5.63. The van der Waals surface area contributed by atoms with Crippen molar-refractivity contribution < 1.29 is 0 Å². The number of hydrogen-bond acceptors (Lipinski definition) is 1. The molecule has 1 N–H and O–H groups in total. The molecular weight excluding hydrogens is 170 g/mol. The second-order valence-electron chi connectivity index (χ2n) is 4.10. The van der Waals surface area contributed by atoms with E-state index in [1.54, 1.807) is 5.56 Å². The third-order valence-electron chi connectivity index (χ3n) is 3.17. The topological polar surface area (TPSA) is 12.0 Å². The van der Waals surface area contributed by atoms with Crippen molar-refractivity contribution in [3.8, 4) is 0 Å². The van der Waals surface area contributed by atoms with Crippen molar-refractivity contribution in [2.75, 3.05) is 11.9 Å². The Morgan fingerprint density at radius 1 is 1.36 bits per heavy atom. The standard InChI is InChI=1S/C13H19N/c1-3-6-11-9-14-13-10(4-2)7-5-8-12(11)13/h5,7-8,11,14H,3-4,6,9H2,1-2H3. The molecule has 1 aliphatic heterocycles. The average Bonchev–Trinajstić information content (AvgIpc) is 2.62. The smallest absolute Gasteiger partial charge is 0.0408 e. The summed E-state index contributed by atoms with van der Waals surface area (Å²) in [5, 5.41) is 3.55. The van der Waals surface area contributed by atoms with E-state index in [4.69, 9.17) is 0 Å². The molecule has 2 rings (SSSR count). The van der Waals surface area contributed by atoms with Gasteiger partial charge in [0.15, 0.2) is 0 Å². The van der Waals surface area contributed by atoms with Crippen LogP contribution in [0.5, 0.6) is 0 Å². The number of rotatable bonds is 3. The van der Waals surface area contributed by atoms with E-state index >= 15 is 0 Å². The molecule has 0 fully saturated rings. The lowest BCUT2D eigenvalue weighted by atomic mass is 9.95. The zero-order chi connectivity index (χ0) is 9.97. The van der Waals surface area contributed by atoms with E-state index in [9.17, 15) is 0 Å². The molecule has 1 heterocycles. The number of benzene rings is 1. The maximum Gasteiger partial charge on any atom is 0.0408 e. The first kappa shape index (κ1) is 9.57. The first-order valence-corrected chi connectivity index (χ1v) is 5.72. The Kier molecular flexibility index (Phi) is 2.76. The molecule has 1 unspecified atom stereocenters. The Morgan fingerprint density at radius 3 is 2.93 bits per heavy atom. The number of nitrogens with one attached hydrogen (secondary N) is 1. The molecule has 0 spiro atoms. The summed E-state index contributed by atoms with van der Waals surface area (Å²) < 4.78 is 0. The molecule has 76 valence electrons. The Labute approximate surface area is 86.5 Å². The van der Waals surface area contributed by atoms with Crippen LogP contribution in [0, 0.1) is 0 Å². The van der Waals surface area contributed by atoms with Gasteiger partial charge in [0, 0.05) is 18.2 Å². The lowest BCUT2D eigenvalue weighted by Crippen LogP contribution is -2.00. The lowest BCUT2D eigenvalue weighted by molar-refractivity contribution is 0.661. The van der Waals surface area contributed by atoms with Gasteiger partial charge in [-0.2, -0.15) is 0 Å². The summed E-state index contributed by atoms with van der Waals surface area (Å²) in [4.78, 5) is 0. The fourth-order valence-electron chi connectivity index (χ4n) is 2.41. The van der Waals surface area contributed by atoms with Gasteiger partial charge in [-0.1, -0.05) is 38.5 Å². The van der Waals surface area contributed by atoms with Crippen LogP contribution in [0.25, 0.3) is 0 Å². The second kappa shape index (κ2) is 4.04. The summed E-state index contributed by atoms with van der Waals surface area (Å²) in [6.07, 6.45) is 3.73. The molecule has 1 nitrogen and oxygen atoms in total. The fraction of sp³-hybridized carbons (Fsp3) is 0.538. The molecule has 1 aliphatic rings. The number of hydrogen-bond donors (Lipinski definition) is 1. The molecule has 1 aromatic carbocycles. The maximum atomic E-state index is 3.55. The fourth-order valence-corrected chi connectivity index (χ4v) is 2.41. The predicted octanol–water partition coefficient (Wildman–Crippen LogP) is 3.56. The molecular formula is C13H19N. The van der Waals surface area contributed by atoms with Gasteiger partial charge in [-0.3, -0.25) is 0 Å². The van der Waals surface area contributed by atoms with Gasteiger partial charge >= 0.3 is 0 Å². The van der Waals surface area contributed by atoms with Crippen LogP contribution in [0.1, 0.15) is 43.7 Å². The van der Waals surface area contributed by atoms with Crippen molar-refractivity contribution in [1.29, 1.82) is 0 Å². The van der Waals surface area contributed by atoms with Crippen LogP contribution < -0.4 is 5.32 Å². The molecule has 0 amide bonds. The highest BCUT2D eigenvalue weighted by Gasteiger charge is 2.22. The summed E-state index contributed by atoms with van der Waals surface area (Å²) in [6, 6.07) is 6.72. The van der Waals surface area contributed by atoms with Crippen molar-refractivity contribution >= 4 is 5.69 Å². The largest absolute Gasteiger partial charge is 0.384 e. The van der Waals surface area contributed by atoms with Crippen LogP contribution in [-0.4, -0.2) is 6.54 Å². The summed E-state index contributed by atoms with van der Waals surface area (Å²) >= 11 is 0. The van der Waals surface area contributed by atoms with Gasteiger partial charge in [-0.05, 0) is 24.0 Å². The van der Waals surface area contributed by atoms with Crippen molar-refractivity contribution in [3.63, 3.8) is 0 Å². The van der Waals surface area contributed by atoms with E-state index < -0.39 is 0 Å². The molecule has 0 aromatic heterocycles. The zero-order valence-electron chi connectivity index (χ0n) is 9.14. The summed E-state index contributed by atoms with van der Waals surface area (Å²) in [5.41, 5.74) is 4.45. The molecule has 0 aliphatic carbocycles. The summed E-state index contributed by atoms with van der Waals surface area (Å²) in [7, 11) is 0. The van der Waals surface area contributed by atoms with E-state index in [1.807, 2.05) is 0 Å². The molecule has 0 bridgehead atoms. The van der Waals surface area contributed by atoms with E-state index in [0.29, 0.717) is 0 Å². The van der Waals surface area contributed by atoms with Crippen molar-refractivity contribution in [3.05, 3.63) is 29.3 Å². The molecule has 0 saturated carbocycles. The van der Waals surface area contributed by atoms with Gasteiger partial charge in [0.05, 0.1) is 0 Å². The molecule has 14 heavy (non-hydrogen) atoms. The minimum atomic E-state index is 0.751. The highest BCUT2D eigenvalue weighted by Crippen LogP contribution is 2.36. The van der Waals surface area contributed by atoms with Crippen LogP contribution in [0.15, 0.2) is 18.2 Å². The third kappa shape index (κ3) is 1.52. The molecule has 1 heteroatoms. The van der Waals surface area contributed by atoms with Crippen LogP contribution in [0.2, 0.25) is 0 Å². The number of fused-ring (bicyclic) bond motifs is 1. The van der Waals surface area contributed by atoms with Crippen LogP contribution >= 0.6 is 0 Å². The van der Waals surface area contributed by atoms with Gasteiger partial charge in [-0.25, -0.2) is 0 Å². The Bertz CT molecular complexity index is 317. The maximum absolute atomic E-state index is 3.55. The van der Waals surface area contributed by atoms with Crippen molar-refractivity contribution in [2.24, 2.45) is 0 Å². The van der Waals surface area contributed by atoms with Crippen molar-refractivity contribution in [2.45, 2.75) is 39.0 Å². The van der Waals surface area contributed by atoms with E-state index in [-0.39, 0.29) is 0 Å². The van der Waals surface area contributed by atoms with Gasteiger partial charge < -0.3 is 5.32 Å². The van der Waals surface area contributed by atoms with Gasteiger partial charge in [0.25, 0.3) is 0 Å². The van der Waals surface area contributed by atoms with Crippen molar-refractivity contribution in [1.82, 2.24) is 0 Å². The van der Waals surface area contributed by atoms with Crippen LogP contribution in [0.3, 0.4) is 0 Å². The van der Waals surface area contributed by atoms with E-state index in [1.165, 1.54) is 24.1 Å². The number of aryl methyl sites for hydroxylation is 1. The first-order chi connectivity index (χ1) is 6.86. The molecule has 0 radical (unpaired) electrons. The highest BCUT2D eigenvalue weighted by molar-refractivity contribution is 5.63. The van der Waals surface area contributed by atoms with Gasteiger partial charge in [-0.15, -0.1) is 0 Å². The Balaban J connectivity index is 2.31. The second-order valence-corrected chi connectivity index (χ2v) is 4.10. The predicted molar refractivity (Wildman–Crippen MR) is 62.0 cm³/mol. The van der Waals surface area contributed by atoms with Crippen LogP contribution in [0.4, 0.5) is 5.69 Å². The minimum absolute atomic E-state index is 0.751. The molecule has 1 atom stereocenters. The molecule has 0 saturated heterocycles. The molecule has 1 aromatic rings. The average molecular weight is 189 g/mol. The highest BCUT2D eigenvalue weighted by atomic mass is 14.9. The quantitative estimate of drug-likeness (QED) is 0.766. The minimum Gasteiger partial charge on any atom is -0.384 e. The van der Waals surface area contributed by atoms with Gasteiger partial charge in [0.2, 0.25) is 0 Å². The van der Waals surface area contributed by atoms with Gasteiger partial charge in [0.1, 0.15) is 0 Å². The Hall–Kier alpha value is -0.980. The SMILES string of the molecule is CCCC1CNc2c(CC)cccc21. The number of anilines is 1. The number of para-hydroxylation sites is 1. The first-order valence-electron chi connectivity index (χ1n) is 5.72. The van der Waals surface area contributed by atoms with E-state index in [0.717, 1.165) is 18.9 Å². The van der Waals surface area contributed by atoms with Crippen LogP contribution in [-0.2, 0) is 6.42 Å². The van der Waals surface area contributed by atoms with E-state index in [2.05, 4.69) is 37.4 Å². The Morgan fingerprint density at radius 2 is 2.21 bits per heavy atom. The normalized spacial score (nSPS) is 19.1. The summed E-state index contributed by atoms with van der Waals surface area (Å²) in [5.74, 6) is 0.751. The zero-order valence-corrected chi connectivity index (χ0v) is 9.14.